The second kappa shape index (κ2) is 8.40. The van der Waals surface area contributed by atoms with Gasteiger partial charge in [-0.2, -0.15) is 0 Å². The number of hydrogen-bond acceptors (Lipinski definition) is 5. The topological polar surface area (TPSA) is 69.6 Å². The van der Waals surface area contributed by atoms with Crippen LogP contribution in [-0.4, -0.2) is 57.6 Å². The summed E-state index contributed by atoms with van der Waals surface area (Å²) in [7, 11) is 0. The van der Waals surface area contributed by atoms with E-state index >= 15 is 0 Å². The van der Waals surface area contributed by atoms with Gasteiger partial charge in [0.15, 0.2) is 5.78 Å². The number of piperidine rings is 1. The minimum atomic E-state index is -1.02. The maximum Gasteiger partial charge on any atom is 0.225 e. The molecule has 5 rings (SSSR count). The highest BCUT2D eigenvalue weighted by Crippen LogP contribution is 2.46. The number of hydrogen-bond donors (Lipinski definition) is 2. The van der Waals surface area contributed by atoms with Crippen LogP contribution in [0.25, 0.3) is 0 Å². The Morgan fingerprint density at radius 3 is 2.40 bits per heavy atom. The van der Waals surface area contributed by atoms with E-state index in [1.165, 1.54) is 32.1 Å². The first-order valence-corrected chi connectivity index (χ1v) is 13.4. The van der Waals surface area contributed by atoms with E-state index in [0.717, 1.165) is 48.3 Å². The number of nitrogens with one attached hydrogen (secondary N) is 1. The normalized spacial score (nSPS) is 41.3. The van der Waals surface area contributed by atoms with Gasteiger partial charge in [0.05, 0.1) is 0 Å². The second-order valence-corrected chi connectivity index (χ2v) is 12.1. The Hall–Kier alpha value is -0.590. The molecule has 30 heavy (non-hydrogen) atoms. The summed E-state index contributed by atoms with van der Waals surface area (Å²) in [5.41, 5.74) is -1.02. The molecule has 6 heteroatoms. The number of amides is 1. The van der Waals surface area contributed by atoms with E-state index in [0.29, 0.717) is 37.8 Å². The maximum absolute atomic E-state index is 13.3. The molecule has 6 unspecified atom stereocenters. The summed E-state index contributed by atoms with van der Waals surface area (Å²) in [6.07, 6.45) is 10.2. The number of carbonyl (C=O) groups excluding carboxylic acids is 2. The average molecular weight is 435 g/mol. The molecular formula is C24H38N2O3S. The van der Waals surface area contributed by atoms with Crippen molar-refractivity contribution in [2.45, 2.75) is 88.0 Å². The lowest BCUT2D eigenvalue weighted by atomic mass is 9.66. The van der Waals surface area contributed by atoms with Gasteiger partial charge in [-0.3, -0.25) is 9.59 Å². The molecule has 2 N–H and O–H groups in total. The molecule has 2 aliphatic heterocycles. The minimum absolute atomic E-state index is 0.0355. The Kier molecular flexibility index (Phi) is 5.95. The van der Waals surface area contributed by atoms with Gasteiger partial charge in [0, 0.05) is 42.1 Å². The van der Waals surface area contributed by atoms with Gasteiger partial charge < -0.3 is 15.3 Å². The fourth-order valence-electron chi connectivity index (χ4n) is 6.85. The van der Waals surface area contributed by atoms with Crippen LogP contribution in [0.3, 0.4) is 0 Å². The van der Waals surface area contributed by atoms with Gasteiger partial charge in [-0.05, 0) is 82.0 Å². The smallest absolute Gasteiger partial charge is 0.225 e. The molecule has 3 saturated carbocycles. The Morgan fingerprint density at radius 2 is 1.70 bits per heavy atom. The number of carbonyl (C=O) groups is 2. The highest BCUT2D eigenvalue weighted by Gasteiger charge is 2.50. The first kappa shape index (κ1) is 21.3. The second-order valence-electron chi connectivity index (χ2n) is 10.9. The summed E-state index contributed by atoms with van der Waals surface area (Å²) in [5.74, 6) is 3.70. The number of nitrogens with zero attached hydrogens (tertiary/aromatic N) is 1. The Balaban J connectivity index is 1.11. The fourth-order valence-corrected chi connectivity index (χ4v) is 8.12. The molecule has 0 aromatic rings. The minimum Gasteiger partial charge on any atom is -0.382 e. The summed E-state index contributed by atoms with van der Waals surface area (Å²) in [6.45, 7) is 3.67. The molecule has 0 aromatic carbocycles. The third-order valence-corrected chi connectivity index (χ3v) is 10.3. The molecule has 0 radical (unpaired) electrons. The van der Waals surface area contributed by atoms with E-state index in [-0.39, 0.29) is 17.6 Å². The zero-order chi connectivity index (χ0) is 20.9. The lowest BCUT2D eigenvalue weighted by Gasteiger charge is -2.43. The van der Waals surface area contributed by atoms with Crippen molar-refractivity contribution < 1.29 is 14.7 Å². The lowest BCUT2D eigenvalue weighted by molar-refractivity contribution is -0.143. The molecule has 5 fully saturated rings. The number of likely N-dealkylation sites (tertiary alicyclic amines) is 1. The van der Waals surface area contributed by atoms with Crippen LogP contribution in [0, 0.1) is 29.6 Å². The molecule has 6 atom stereocenters. The van der Waals surface area contributed by atoms with Crippen LogP contribution in [0.2, 0.25) is 0 Å². The first-order chi connectivity index (χ1) is 14.4. The maximum atomic E-state index is 13.3. The van der Waals surface area contributed by atoms with Crippen LogP contribution < -0.4 is 5.32 Å². The standard InChI is InChI=1S/C24H38N2O3S/c1-15-12-17(18-3-5-21-20(13-18)25-14-30-21)2-4-19(15)23(28)26-10-6-16(7-11-26)22(27)24(29)8-9-24/h15-21,25,29H,2-14H2,1H3. The van der Waals surface area contributed by atoms with Crippen molar-refractivity contribution in [3.05, 3.63) is 0 Å². The zero-order valence-electron chi connectivity index (χ0n) is 18.4. The van der Waals surface area contributed by atoms with E-state index < -0.39 is 5.60 Å². The molecule has 0 bridgehead atoms. The van der Waals surface area contributed by atoms with Gasteiger partial charge in [-0.25, -0.2) is 0 Å². The molecule has 5 aliphatic rings. The van der Waals surface area contributed by atoms with Crippen molar-refractivity contribution in [2.24, 2.45) is 29.6 Å². The monoisotopic (exact) mass is 434 g/mol. The van der Waals surface area contributed by atoms with E-state index in [1.807, 2.05) is 4.90 Å². The predicted molar refractivity (Wildman–Crippen MR) is 119 cm³/mol. The van der Waals surface area contributed by atoms with Crippen molar-refractivity contribution in [3.8, 4) is 0 Å². The fraction of sp³-hybridized carbons (Fsp3) is 0.917. The highest BCUT2D eigenvalue weighted by atomic mass is 32.2. The summed E-state index contributed by atoms with van der Waals surface area (Å²) in [6, 6.07) is 0.723. The van der Waals surface area contributed by atoms with E-state index in [4.69, 9.17) is 0 Å². The van der Waals surface area contributed by atoms with Crippen LogP contribution in [0.1, 0.15) is 71.1 Å². The predicted octanol–water partition coefficient (Wildman–Crippen LogP) is 3.20. The van der Waals surface area contributed by atoms with Gasteiger partial charge in [0.2, 0.25) is 5.91 Å². The van der Waals surface area contributed by atoms with Crippen molar-refractivity contribution >= 4 is 23.5 Å². The molecule has 1 amide bonds. The largest absolute Gasteiger partial charge is 0.382 e. The molecular weight excluding hydrogens is 396 g/mol. The summed E-state index contributed by atoms with van der Waals surface area (Å²) >= 11 is 2.11. The lowest BCUT2D eigenvalue weighted by Crippen LogP contribution is -2.47. The van der Waals surface area contributed by atoms with Gasteiger partial charge in [0.1, 0.15) is 5.60 Å². The Morgan fingerprint density at radius 1 is 1.00 bits per heavy atom. The van der Waals surface area contributed by atoms with Crippen molar-refractivity contribution in [3.63, 3.8) is 0 Å². The molecule has 3 aliphatic carbocycles. The molecule has 0 spiro atoms. The van der Waals surface area contributed by atoms with Gasteiger partial charge in [-0.1, -0.05) is 6.92 Å². The number of thioether (sulfide) groups is 1. The quantitative estimate of drug-likeness (QED) is 0.711. The summed E-state index contributed by atoms with van der Waals surface area (Å²) in [5, 5.41) is 14.6. The molecule has 2 heterocycles. The Labute approximate surface area is 185 Å². The summed E-state index contributed by atoms with van der Waals surface area (Å²) in [4.78, 5) is 27.7. The number of rotatable bonds is 4. The number of Topliss-reactive ketones (excluding diaryl/α,β-unsaturated/α-hetero) is 1. The van der Waals surface area contributed by atoms with Gasteiger partial charge >= 0.3 is 0 Å². The average Bonchev–Trinajstić information content (AvgIpc) is 3.34. The van der Waals surface area contributed by atoms with E-state index in [2.05, 4.69) is 24.0 Å². The van der Waals surface area contributed by atoms with Crippen LogP contribution >= 0.6 is 11.8 Å². The molecule has 5 nitrogen and oxygen atoms in total. The number of fused-ring (bicyclic) bond motifs is 1. The van der Waals surface area contributed by atoms with Gasteiger partial charge in [-0.15, -0.1) is 11.8 Å². The highest BCUT2D eigenvalue weighted by molar-refractivity contribution is 8.00. The van der Waals surface area contributed by atoms with Crippen LogP contribution in [0.5, 0.6) is 0 Å². The van der Waals surface area contributed by atoms with Crippen LogP contribution in [-0.2, 0) is 9.59 Å². The zero-order valence-corrected chi connectivity index (χ0v) is 19.2. The Bertz CT molecular complexity index is 673. The number of ketones is 1. The van der Waals surface area contributed by atoms with Crippen LogP contribution in [0.4, 0.5) is 0 Å². The number of aliphatic hydroxyl groups is 1. The van der Waals surface area contributed by atoms with Gasteiger partial charge in [0.25, 0.3) is 0 Å². The SMILES string of the molecule is CC1CC(C2CCC3SCNC3C2)CCC1C(=O)N1CCC(C(=O)C2(O)CC2)CC1. The van der Waals surface area contributed by atoms with Crippen molar-refractivity contribution in [1.82, 2.24) is 10.2 Å². The first-order valence-electron chi connectivity index (χ1n) is 12.3. The molecule has 0 aromatic heterocycles. The third-order valence-electron chi connectivity index (χ3n) is 9.02. The van der Waals surface area contributed by atoms with Crippen molar-refractivity contribution in [1.29, 1.82) is 0 Å². The van der Waals surface area contributed by atoms with Crippen molar-refractivity contribution in [2.75, 3.05) is 19.0 Å². The van der Waals surface area contributed by atoms with E-state index in [1.54, 1.807) is 0 Å². The van der Waals surface area contributed by atoms with Crippen LogP contribution in [0.15, 0.2) is 0 Å². The summed E-state index contributed by atoms with van der Waals surface area (Å²) < 4.78 is 0. The van der Waals surface area contributed by atoms with E-state index in [9.17, 15) is 14.7 Å². The molecule has 168 valence electrons. The third kappa shape index (κ3) is 4.09. The molecule has 2 saturated heterocycles.